The highest BCUT2D eigenvalue weighted by molar-refractivity contribution is 5.92. The summed E-state index contributed by atoms with van der Waals surface area (Å²) >= 11 is 0. The van der Waals surface area contributed by atoms with E-state index >= 15 is 0 Å². The van der Waals surface area contributed by atoms with Crippen molar-refractivity contribution in [3.05, 3.63) is 36.4 Å². The lowest BCUT2D eigenvalue weighted by Gasteiger charge is -2.18. The van der Waals surface area contributed by atoms with E-state index < -0.39 is 0 Å². The van der Waals surface area contributed by atoms with Crippen molar-refractivity contribution in [3.8, 4) is 0 Å². The molecule has 3 rings (SSSR count). The average molecular weight is 300 g/mol. The van der Waals surface area contributed by atoms with E-state index in [1.54, 1.807) is 0 Å². The highest BCUT2D eigenvalue weighted by Gasteiger charge is 2.35. The first-order valence-corrected chi connectivity index (χ1v) is 7.71. The van der Waals surface area contributed by atoms with Crippen LogP contribution < -0.4 is 10.6 Å². The number of rotatable bonds is 6. The van der Waals surface area contributed by atoms with Crippen molar-refractivity contribution in [2.45, 2.75) is 19.3 Å². The van der Waals surface area contributed by atoms with Crippen LogP contribution in [-0.4, -0.2) is 34.9 Å². The zero-order chi connectivity index (χ0) is 15.4. The molecular formula is C16H20N4O2. The molecule has 3 atom stereocenters. The van der Waals surface area contributed by atoms with Crippen LogP contribution in [0.2, 0.25) is 0 Å². The largest absolute Gasteiger partial charge is 0.356 e. The minimum atomic E-state index is -0.306. The topological polar surface area (TPSA) is 84.0 Å². The van der Waals surface area contributed by atoms with Crippen molar-refractivity contribution in [2.75, 3.05) is 13.1 Å². The zero-order valence-corrected chi connectivity index (χ0v) is 12.4. The monoisotopic (exact) mass is 300 g/mol. The van der Waals surface area contributed by atoms with E-state index in [1.807, 2.05) is 0 Å². The number of hydrogen-bond acceptors (Lipinski definition) is 4. The second kappa shape index (κ2) is 6.68. The smallest absolute Gasteiger partial charge is 0.271 e. The number of fused-ring (bicyclic) bond motifs is 2. The fraction of sp³-hybridized carbons (Fsp3) is 0.500. The van der Waals surface area contributed by atoms with Crippen molar-refractivity contribution < 1.29 is 9.59 Å². The Morgan fingerprint density at radius 2 is 2.09 bits per heavy atom. The summed E-state index contributed by atoms with van der Waals surface area (Å²) in [7, 11) is 0. The molecule has 6 nitrogen and oxygen atoms in total. The van der Waals surface area contributed by atoms with Crippen LogP contribution in [0.5, 0.6) is 0 Å². The van der Waals surface area contributed by atoms with Gasteiger partial charge >= 0.3 is 0 Å². The van der Waals surface area contributed by atoms with Gasteiger partial charge in [-0.05, 0) is 30.6 Å². The second-order valence-corrected chi connectivity index (χ2v) is 5.94. The second-order valence-electron chi connectivity index (χ2n) is 5.94. The van der Waals surface area contributed by atoms with E-state index in [-0.39, 0.29) is 23.9 Å². The SMILES string of the molecule is O=C(CCNC(=O)c1cnccn1)NC[C@H]1C[C@H]2C=C[C@H]1C2. The summed E-state index contributed by atoms with van der Waals surface area (Å²) in [5, 5.41) is 5.64. The summed E-state index contributed by atoms with van der Waals surface area (Å²) in [5.74, 6) is 1.61. The van der Waals surface area contributed by atoms with Gasteiger partial charge in [-0.3, -0.25) is 14.6 Å². The molecule has 6 heteroatoms. The Morgan fingerprint density at radius 3 is 2.77 bits per heavy atom. The first kappa shape index (κ1) is 14.7. The summed E-state index contributed by atoms with van der Waals surface area (Å²) in [6.45, 7) is 1.04. The predicted octanol–water partition coefficient (Wildman–Crippen LogP) is 0.925. The van der Waals surface area contributed by atoms with E-state index in [0.717, 1.165) is 12.5 Å². The molecule has 0 aromatic carbocycles. The van der Waals surface area contributed by atoms with Crippen LogP contribution in [0.4, 0.5) is 0 Å². The predicted molar refractivity (Wildman–Crippen MR) is 80.8 cm³/mol. The normalized spacial score (nSPS) is 25.2. The Balaban J connectivity index is 1.33. The first-order valence-electron chi connectivity index (χ1n) is 7.71. The van der Waals surface area contributed by atoms with Gasteiger partial charge in [-0.1, -0.05) is 12.2 Å². The molecule has 1 fully saturated rings. The van der Waals surface area contributed by atoms with Gasteiger partial charge in [0.2, 0.25) is 5.91 Å². The maximum absolute atomic E-state index is 11.8. The zero-order valence-electron chi connectivity index (χ0n) is 12.4. The van der Waals surface area contributed by atoms with Crippen molar-refractivity contribution in [1.82, 2.24) is 20.6 Å². The fourth-order valence-electron chi connectivity index (χ4n) is 3.26. The minimum absolute atomic E-state index is 0.0220. The molecule has 0 unspecified atom stereocenters. The third kappa shape index (κ3) is 3.50. The summed E-state index contributed by atoms with van der Waals surface area (Å²) in [4.78, 5) is 31.3. The maximum Gasteiger partial charge on any atom is 0.271 e. The number of carbonyl (C=O) groups excluding carboxylic acids is 2. The summed E-state index contributed by atoms with van der Waals surface area (Å²) in [6, 6.07) is 0. The Kier molecular flexibility index (Phi) is 4.46. The molecule has 0 saturated heterocycles. The highest BCUT2D eigenvalue weighted by Crippen LogP contribution is 2.42. The molecule has 2 aliphatic rings. The van der Waals surface area contributed by atoms with Crippen LogP contribution >= 0.6 is 0 Å². The molecule has 2 aliphatic carbocycles. The highest BCUT2D eigenvalue weighted by atomic mass is 16.2. The quantitative estimate of drug-likeness (QED) is 0.765. The van der Waals surface area contributed by atoms with Gasteiger partial charge in [0, 0.05) is 31.9 Å². The molecule has 2 amide bonds. The number of allylic oxidation sites excluding steroid dienone is 2. The van der Waals surface area contributed by atoms with Crippen LogP contribution in [0.25, 0.3) is 0 Å². The molecule has 0 spiro atoms. The van der Waals surface area contributed by atoms with E-state index in [2.05, 4.69) is 32.8 Å². The van der Waals surface area contributed by atoms with Gasteiger partial charge in [0.1, 0.15) is 5.69 Å². The summed E-state index contributed by atoms with van der Waals surface area (Å²) in [6.07, 6.45) is 11.7. The van der Waals surface area contributed by atoms with Gasteiger partial charge in [0.25, 0.3) is 5.91 Å². The standard InChI is InChI=1S/C16H20N4O2/c21-15(20-9-13-8-11-1-2-12(13)7-11)3-4-19-16(22)14-10-17-5-6-18-14/h1-2,5-6,10-13H,3-4,7-9H2,(H,19,22)(H,20,21)/t11-,12-,13+/m0/s1. The Bertz CT molecular complexity index is 573. The van der Waals surface area contributed by atoms with Crippen LogP contribution in [0.3, 0.4) is 0 Å². The minimum Gasteiger partial charge on any atom is -0.356 e. The number of nitrogens with one attached hydrogen (secondary N) is 2. The summed E-state index contributed by atoms with van der Waals surface area (Å²) in [5.41, 5.74) is 0.261. The fourth-order valence-corrected chi connectivity index (χ4v) is 3.26. The third-order valence-electron chi connectivity index (χ3n) is 4.41. The van der Waals surface area contributed by atoms with Crippen LogP contribution in [-0.2, 0) is 4.79 Å². The van der Waals surface area contributed by atoms with Crippen molar-refractivity contribution in [1.29, 1.82) is 0 Å². The van der Waals surface area contributed by atoms with E-state index in [4.69, 9.17) is 0 Å². The number of amides is 2. The number of nitrogens with zero attached hydrogens (tertiary/aromatic N) is 2. The Hall–Kier alpha value is -2.24. The molecular weight excluding hydrogens is 280 g/mol. The van der Waals surface area contributed by atoms with Gasteiger partial charge < -0.3 is 10.6 Å². The van der Waals surface area contributed by atoms with Crippen molar-refractivity contribution in [2.24, 2.45) is 17.8 Å². The third-order valence-corrected chi connectivity index (χ3v) is 4.41. The Labute approximate surface area is 129 Å². The van der Waals surface area contributed by atoms with Gasteiger partial charge in [0.15, 0.2) is 0 Å². The van der Waals surface area contributed by atoms with Crippen molar-refractivity contribution in [3.63, 3.8) is 0 Å². The maximum atomic E-state index is 11.8. The number of carbonyl (C=O) groups is 2. The Morgan fingerprint density at radius 1 is 1.18 bits per heavy atom. The van der Waals surface area contributed by atoms with E-state index in [1.165, 1.54) is 31.4 Å². The molecule has 1 saturated carbocycles. The lowest BCUT2D eigenvalue weighted by molar-refractivity contribution is -0.121. The van der Waals surface area contributed by atoms with Gasteiger partial charge in [0.05, 0.1) is 6.20 Å². The molecule has 116 valence electrons. The molecule has 2 N–H and O–H groups in total. The van der Waals surface area contributed by atoms with E-state index in [0.29, 0.717) is 18.4 Å². The molecule has 22 heavy (non-hydrogen) atoms. The molecule has 1 heterocycles. The average Bonchev–Trinajstić information content (AvgIpc) is 3.16. The van der Waals surface area contributed by atoms with Gasteiger partial charge in [-0.25, -0.2) is 4.98 Å². The van der Waals surface area contributed by atoms with E-state index in [9.17, 15) is 9.59 Å². The van der Waals surface area contributed by atoms with Gasteiger partial charge in [-0.15, -0.1) is 0 Å². The molecule has 0 aliphatic heterocycles. The van der Waals surface area contributed by atoms with Crippen LogP contribution in [0, 0.1) is 17.8 Å². The number of aromatic nitrogens is 2. The molecule has 2 bridgehead atoms. The molecule has 1 aromatic rings. The lowest BCUT2D eigenvalue weighted by atomic mass is 9.93. The first-order chi connectivity index (χ1) is 10.7. The molecule has 0 radical (unpaired) electrons. The number of hydrogen-bond donors (Lipinski definition) is 2. The summed E-state index contributed by atoms with van der Waals surface area (Å²) < 4.78 is 0. The van der Waals surface area contributed by atoms with Gasteiger partial charge in [-0.2, -0.15) is 0 Å². The van der Waals surface area contributed by atoms with Crippen molar-refractivity contribution >= 4 is 11.8 Å². The molecule has 1 aromatic heterocycles. The lowest BCUT2D eigenvalue weighted by Crippen LogP contribution is -2.34. The van der Waals surface area contributed by atoms with Crippen LogP contribution in [0.1, 0.15) is 29.8 Å². The van der Waals surface area contributed by atoms with Crippen LogP contribution in [0.15, 0.2) is 30.7 Å².